The molecule has 0 saturated carbocycles. The van der Waals surface area contributed by atoms with Crippen LogP contribution >= 0.6 is 0 Å². The minimum Gasteiger partial charge on any atom is -0.489 e. The van der Waals surface area contributed by atoms with E-state index < -0.39 is 54.5 Å². The van der Waals surface area contributed by atoms with Crippen LogP contribution < -0.4 is 10.1 Å². The van der Waals surface area contributed by atoms with Crippen LogP contribution in [0.3, 0.4) is 0 Å². The van der Waals surface area contributed by atoms with Gasteiger partial charge in [-0.25, -0.2) is 9.59 Å². The number of esters is 3. The highest BCUT2D eigenvalue weighted by molar-refractivity contribution is 5.87. The fourth-order valence-electron chi connectivity index (χ4n) is 3.73. The molecule has 0 spiro atoms. The highest BCUT2D eigenvalue weighted by Crippen LogP contribution is 2.33. The summed E-state index contributed by atoms with van der Waals surface area (Å²) in [6, 6.07) is 4.47. The summed E-state index contributed by atoms with van der Waals surface area (Å²) in [6.07, 6.45) is -6.69. The van der Waals surface area contributed by atoms with E-state index in [1.807, 2.05) is 0 Å². The van der Waals surface area contributed by atoms with Crippen LogP contribution in [-0.4, -0.2) is 87.2 Å². The number of aliphatic hydroxyl groups excluding tert-OH is 1. The fourth-order valence-corrected chi connectivity index (χ4v) is 3.73. The molecule has 1 unspecified atom stereocenters. The van der Waals surface area contributed by atoms with Crippen LogP contribution in [0.5, 0.6) is 5.75 Å². The summed E-state index contributed by atoms with van der Waals surface area (Å²) in [7, 11) is 1.13. The van der Waals surface area contributed by atoms with Gasteiger partial charge in [0, 0.05) is 31.2 Å². The number of anilines is 1. The molecule has 1 fully saturated rings. The summed E-state index contributed by atoms with van der Waals surface area (Å²) >= 11 is 0. The van der Waals surface area contributed by atoms with Crippen molar-refractivity contribution in [3.05, 3.63) is 34.2 Å². The SMILES string of the molecule is COC(=O)[C@H]1OC(OC(=O)Nc2ccc(CO)cc2OCCOCCN=[N+]=[N-])[C@H](OC(C)=O)[C@@H](OC(C)=O)[C@@H]1C. The highest BCUT2D eigenvalue weighted by atomic mass is 16.7. The second kappa shape index (κ2) is 16.1. The second-order valence-electron chi connectivity index (χ2n) is 8.39. The zero-order chi connectivity index (χ0) is 29.7. The predicted octanol–water partition coefficient (Wildman–Crippen LogP) is 1.83. The predicted molar refractivity (Wildman–Crippen MR) is 134 cm³/mol. The number of amides is 1. The lowest BCUT2D eigenvalue weighted by Gasteiger charge is -2.42. The number of benzene rings is 1. The van der Waals surface area contributed by atoms with Crippen molar-refractivity contribution in [2.24, 2.45) is 11.0 Å². The van der Waals surface area contributed by atoms with Gasteiger partial charge in [0.1, 0.15) is 12.4 Å². The van der Waals surface area contributed by atoms with Gasteiger partial charge in [-0.15, -0.1) is 0 Å². The van der Waals surface area contributed by atoms with Crippen molar-refractivity contribution in [3.8, 4) is 5.75 Å². The summed E-state index contributed by atoms with van der Waals surface area (Å²) < 4.78 is 37.3. The van der Waals surface area contributed by atoms with Crippen LogP contribution in [-0.2, 0) is 49.4 Å². The first-order valence-corrected chi connectivity index (χ1v) is 12.1. The molecule has 220 valence electrons. The Balaban J connectivity index is 2.20. The first kappa shape index (κ1) is 32.1. The summed E-state index contributed by atoms with van der Waals surface area (Å²) in [5.74, 6) is -2.99. The maximum absolute atomic E-state index is 12.9. The zero-order valence-corrected chi connectivity index (χ0v) is 22.4. The van der Waals surface area contributed by atoms with E-state index in [-0.39, 0.29) is 44.4 Å². The highest BCUT2D eigenvalue weighted by Gasteiger charge is 2.52. The number of ether oxygens (including phenoxy) is 7. The van der Waals surface area contributed by atoms with Gasteiger partial charge in [0.05, 0.1) is 32.6 Å². The van der Waals surface area contributed by atoms with Gasteiger partial charge in [0.2, 0.25) is 12.4 Å². The summed E-state index contributed by atoms with van der Waals surface area (Å²) in [6.45, 7) is 3.99. The number of nitrogens with one attached hydrogen (secondary N) is 1. The van der Waals surface area contributed by atoms with Crippen LogP contribution in [0, 0.1) is 5.92 Å². The number of azide groups is 1. The Morgan fingerprint density at radius 3 is 2.40 bits per heavy atom. The van der Waals surface area contributed by atoms with E-state index in [4.69, 9.17) is 38.7 Å². The Morgan fingerprint density at radius 1 is 1.07 bits per heavy atom. The number of hydrogen-bond acceptors (Lipinski definition) is 13. The van der Waals surface area contributed by atoms with Crippen LogP contribution in [0.2, 0.25) is 0 Å². The molecule has 0 radical (unpaired) electrons. The molecule has 16 heteroatoms. The van der Waals surface area contributed by atoms with Crippen molar-refractivity contribution in [2.45, 2.75) is 52.0 Å². The average Bonchev–Trinajstić information content (AvgIpc) is 2.91. The first-order valence-electron chi connectivity index (χ1n) is 12.1. The lowest BCUT2D eigenvalue weighted by molar-refractivity contribution is -0.272. The maximum atomic E-state index is 12.9. The molecule has 1 heterocycles. The Morgan fingerprint density at radius 2 is 1.77 bits per heavy atom. The number of nitrogens with zero attached hydrogens (tertiary/aromatic N) is 3. The van der Waals surface area contributed by atoms with Crippen molar-refractivity contribution in [3.63, 3.8) is 0 Å². The summed E-state index contributed by atoms with van der Waals surface area (Å²) in [5.41, 5.74) is 8.91. The smallest absolute Gasteiger partial charge is 0.414 e. The number of aliphatic hydroxyl groups is 1. The monoisotopic (exact) mass is 568 g/mol. The molecule has 1 saturated heterocycles. The first-order chi connectivity index (χ1) is 19.1. The van der Waals surface area contributed by atoms with Gasteiger partial charge in [-0.1, -0.05) is 18.1 Å². The molecule has 1 aliphatic rings. The van der Waals surface area contributed by atoms with Gasteiger partial charge in [-0.2, -0.15) is 0 Å². The van der Waals surface area contributed by atoms with Gasteiger partial charge in [-0.05, 0) is 23.2 Å². The molecule has 2 rings (SSSR count). The van der Waals surface area contributed by atoms with Crippen molar-refractivity contribution < 1.29 is 57.4 Å². The Hall–Kier alpha value is -4.11. The van der Waals surface area contributed by atoms with E-state index in [1.54, 1.807) is 0 Å². The van der Waals surface area contributed by atoms with Gasteiger partial charge in [-0.3, -0.25) is 14.9 Å². The third-order valence-electron chi connectivity index (χ3n) is 5.48. The largest absolute Gasteiger partial charge is 0.489 e. The molecule has 1 aromatic rings. The molecule has 0 aliphatic carbocycles. The molecule has 1 aliphatic heterocycles. The number of rotatable bonds is 13. The molecule has 1 amide bonds. The molecular formula is C24H32N4O12. The molecule has 16 nitrogen and oxygen atoms in total. The zero-order valence-electron chi connectivity index (χ0n) is 22.4. The van der Waals surface area contributed by atoms with E-state index in [0.717, 1.165) is 21.0 Å². The van der Waals surface area contributed by atoms with Gasteiger partial charge < -0.3 is 38.3 Å². The quantitative estimate of drug-likeness (QED) is 0.0870. The standard InChI is InChI=1S/C24H32N4O12/c1-13-19(37-14(2)30)21(38-15(3)31)23(39-20(13)22(32)34-4)40-24(33)27-17-6-5-16(12-29)11-18(17)36-10-9-35-8-7-26-28-25/h5-6,11,13,19-21,23,29H,7-10,12H2,1-4H3,(H,27,33)/t13-,19-,20-,21+,23?/m0/s1. The van der Waals surface area contributed by atoms with Crippen LogP contribution in [0.1, 0.15) is 26.3 Å². The Bertz CT molecular complexity index is 1090. The summed E-state index contributed by atoms with van der Waals surface area (Å²) in [4.78, 5) is 51.4. The second-order valence-corrected chi connectivity index (χ2v) is 8.39. The van der Waals surface area contributed by atoms with Crippen molar-refractivity contribution in [2.75, 3.05) is 38.8 Å². The third kappa shape index (κ3) is 9.57. The van der Waals surface area contributed by atoms with E-state index in [0.29, 0.717) is 5.56 Å². The van der Waals surface area contributed by atoms with E-state index >= 15 is 0 Å². The number of carbonyl (C=O) groups excluding carboxylic acids is 4. The average molecular weight is 569 g/mol. The van der Waals surface area contributed by atoms with Crippen LogP contribution in [0.25, 0.3) is 10.4 Å². The minimum atomic E-state index is -1.67. The molecule has 1 aromatic carbocycles. The molecule has 40 heavy (non-hydrogen) atoms. The molecular weight excluding hydrogens is 536 g/mol. The van der Waals surface area contributed by atoms with Gasteiger partial charge in [0.25, 0.3) is 0 Å². The van der Waals surface area contributed by atoms with E-state index in [2.05, 4.69) is 15.3 Å². The fraction of sp³-hybridized carbons (Fsp3) is 0.583. The summed E-state index contributed by atoms with van der Waals surface area (Å²) in [5, 5.41) is 15.3. The number of carbonyl (C=O) groups is 4. The van der Waals surface area contributed by atoms with Crippen molar-refractivity contribution >= 4 is 29.7 Å². The van der Waals surface area contributed by atoms with Crippen LogP contribution in [0.4, 0.5) is 10.5 Å². The molecule has 0 bridgehead atoms. The topological polar surface area (TPSA) is 214 Å². The molecule has 0 aromatic heterocycles. The maximum Gasteiger partial charge on any atom is 0.414 e. The van der Waals surface area contributed by atoms with Gasteiger partial charge >= 0.3 is 24.0 Å². The molecule has 2 N–H and O–H groups in total. The Kier molecular flexibility index (Phi) is 12.9. The van der Waals surface area contributed by atoms with Crippen molar-refractivity contribution in [1.82, 2.24) is 0 Å². The lowest BCUT2D eigenvalue weighted by atomic mass is 9.90. The van der Waals surface area contributed by atoms with Crippen molar-refractivity contribution in [1.29, 1.82) is 0 Å². The number of methoxy groups -OCH3 is 1. The van der Waals surface area contributed by atoms with Gasteiger partial charge in [0.15, 0.2) is 12.2 Å². The van der Waals surface area contributed by atoms with E-state index in [9.17, 15) is 24.3 Å². The van der Waals surface area contributed by atoms with E-state index in [1.165, 1.54) is 25.1 Å². The minimum absolute atomic E-state index is 0.0535. The normalized spacial score (nSPS) is 21.8. The molecule has 5 atom stereocenters. The Labute approximate surface area is 229 Å². The lowest BCUT2D eigenvalue weighted by Crippen LogP contribution is -2.59. The number of hydrogen-bond donors (Lipinski definition) is 2. The van der Waals surface area contributed by atoms with Crippen LogP contribution in [0.15, 0.2) is 23.3 Å². The third-order valence-corrected chi connectivity index (χ3v) is 5.48.